The summed E-state index contributed by atoms with van der Waals surface area (Å²) in [4.78, 5) is 34.2. The monoisotopic (exact) mass is 263 g/mol. The van der Waals surface area contributed by atoms with Crippen molar-refractivity contribution in [1.82, 2.24) is 4.90 Å². The second-order valence-corrected chi connectivity index (χ2v) is 4.31. The second-order valence-electron chi connectivity index (χ2n) is 4.31. The van der Waals surface area contributed by atoms with Crippen LogP contribution in [0.3, 0.4) is 0 Å². The Balaban J connectivity index is 2.08. The fraction of sp³-hybridized carbons (Fsp3) is 0.333. The Morgan fingerprint density at radius 3 is 2.53 bits per heavy atom. The minimum absolute atomic E-state index is 0.00377. The molecule has 1 aliphatic rings. The smallest absolute Gasteiger partial charge is 0.274 e. The first-order valence-corrected chi connectivity index (χ1v) is 5.81. The van der Waals surface area contributed by atoms with Gasteiger partial charge in [-0.05, 0) is 13.0 Å². The highest BCUT2D eigenvalue weighted by Crippen LogP contribution is 2.22. The summed E-state index contributed by atoms with van der Waals surface area (Å²) in [6.45, 7) is 1.69. The molecule has 0 bridgehead atoms. The third-order valence-corrected chi connectivity index (χ3v) is 3.00. The molecule has 0 atom stereocenters. The molecule has 7 nitrogen and oxygen atoms in total. The first-order valence-electron chi connectivity index (χ1n) is 5.81. The van der Waals surface area contributed by atoms with Crippen molar-refractivity contribution in [1.29, 1.82) is 0 Å². The van der Waals surface area contributed by atoms with Gasteiger partial charge < -0.3 is 5.32 Å². The van der Waals surface area contributed by atoms with Crippen LogP contribution in [-0.2, 0) is 9.59 Å². The number of nitrogens with one attached hydrogen (secondary N) is 1. The SMILES string of the molecule is Cc1ccc(NCN2C(=O)CCC2=O)cc1[N+](=O)[O-]. The summed E-state index contributed by atoms with van der Waals surface area (Å²) < 4.78 is 0. The fourth-order valence-electron chi connectivity index (χ4n) is 1.89. The number of benzene rings is 1. The predicted octanol–water partition coefficient (Wildman–Crippen LogP) is 1.42. The van der Waals surface area contributed by atoms with Crippen molar-refractivity contribution in [2.75, 3.05) is 12.0 Å². The van der Waals surface area contributed by atoms with Crippen LogP contribution < -0.4 is 5.32 Å². The number of amides is 2. The Hall–Kier alpha value is -2.44. The van der Waals surface area contributed by atoms with Gasteiger partial charge in [0.25, 0.3) is 5.69 Å². The quantitative estimate of drug-likeness (QED) is 0.504. The number of aryl methyl sites for hydroxylation is 1. The molecule has 0 aliphatic carbocycles. The number of likely N-dealkylation sites (tertiary alicyclic amines) is 1. The Morgan fingerprint density at radius 2 is 1.95 bits per heavy atom. The number of nitro benzene ring substituents is 1. The number of carbonyl (C=O) groups excluding carboxylic acids is 2. The molecular weight excluding hydrogens is 250 g/mol. The van der Waals surface area contributed by atoms with Crippen LogP contribution in [0.15, 0.2) is 18.2 Å². The number of imide groups is 1. The molecule has 2 amide bonds. The molecule has 0 saturated carbocycles. The number of rotatable bonds is 4. The van der Waals surface area contributed by atoms with E-state index in [-0.39, 0.29) is 37.0 Å². The third kappa shape index (κ3) is 2.70. The van der Waals surface area contributed by atoms with Crippen molar-refractivity contribution < 1.29 is 14.5 Å². The van der Waals surface area contributed by atoms with Gasteiger partial charge in [-0.3, -0.25) is 24.6 Å². The molecule has 1 aromatic rings. The van der Waals surface area contributed by atoms with Crippen LogP contribution in [0.1, 0.15) is 18.4 Å². The molecule has 7 heteroatoms. The molecule has 1 aliphatic heterocycles. The number of hydrogen-bond acceptors (Lipinski definition) is 5. The van der Waals surface area contributed by atoms with Gasteiger partial charge in [-0.15, -0.1) is 0 Å². The molecule has 0 radical (unpaired) electrons. The van der Waals surface area contributed by atoms with E-state index in [2.05, 4.69) is 5.32 Å². The minimum Gasteiger partial charge on any atom is -0.367 e. The average Bonchev–Trinajstić information content (AvgIpc) is 2.68. The molecule has 100 valence electrons. The van der Waals surface area contributed by atoms with Gasteiger partial charge in [0.1, 0.15) is 0 Å². The van der Waals surface area contributed by atoms with Gasteiger partial charge in [0.05, 0.1) is 11.6 Å². The summed E-state index contributed by atoms with van der Waals surface area (Å²) in [6, 6.07) is 4.68. The molecule has 1 heterocycles. The summed E-state index contributed by atoms with van der Waals surface area (Å²) in [6.07, 6.45) is 0.461. The van der Waals surface area contributed by atoms with Gasteiger partial charge in [0, 0.05) is 30.2 Å². The number of nitrogens with zero attached hydrogens (tertiary/aromatic N) is 2. The highest BCUT2D eigenvalue weighted by Gasteiger charge is 2.28. The Bertz CT molecular complexity index is 540. The maximum absolute atomic E-state index is 11.4. The van der Waals surface area contributed by atoms with Crippen LogP contribution in [0.2, 0.25) is 0 Å². The second kappa shape index (κ2) is 5.05. The van der Waals surface area contributed by atoms with Gasteiger partial charge in [0.2, 0.25) is 11.8 Å². The van der Waals surface area contributed by atoms with Crippen molar-refractivity contribution in [2.24, 2.45) is 0 Å². The highest BCUT2D eigenvalue weighted by atomic mass is 16.6. The molecule has 2 rings (SSSR count). The van der Waals surface area contributed by atoms with Crippen LogP contribution in [0.5, 0.6) is 0 Å². The highest BCUT2D eigenvalue weighted by molar-refractivity contribution is 6.02. The summed E-state index contributed by atoms with van der Waals surface area (Å²) >= 11 is 0. The lowest BCUT2D eigenvalue weighted by Crippen LogP contribution is -2.33. The maximum atomic E-state index is 11.4. The van der Waals surface area contributed by atoms with Crippen LogP contribution in [-0.4, -0.2) is 28.3 Å². The number of hydrogen-bond donors (Lipinski definition) is 1. The number of nitro groups is 1. The van der Waals surface area contributed by atoms with E-state index in [4.69, 9.17) is 0 Å². The summed E-state index contributed by atoms with van der Waals surface area (Å²) in [5, 5.41) is 13.6. The molecule has 1 fully saturated rings. The molecule has 1 N–H and O–H groups in total. The van der Waals surface area contributed by atoms with E-state index in [0.717, 1.165) is 4.90 Å². The third-order valence-electron chi connectivity index (χ3n) is 3.00. The lowest BCUT2D eigenvalue weighted by molar-refractivity contribution is -0.385. The van der Waals surface area contributed by atoms with Gasteiger partial charge in [-0.25, -0.2) is 0 Å². The summed E-state index contributed by atoms with van der Waals surface area (Å²) in [5.41, 5.74) is 1.07. The van der Waals surface area contributed by atoms with Gasteiger partial charge in [-0.1, -0.05) is 6.07 Å². The van der Waals surface area contributed by atoms with Crippen LogP contribution >= 0.6 is 0 Å². The Kier molecular flexibility index (Phi) is 3.46. The number of carbonyl (C=O) groups is 2. The van der Waals surface area contributed by atoms with Gasteiger partial charge >= 0.3 is 0 Å². The molecular formula is C12H13N3O4. The van der Waals surface area contributed by atoms with E-state index in [1.165, 1.54) is 6.07 Å². The zero-order valence-corrected chi connectivity index (χ0v) is 10.4. The Morgan fingerprint density at radius 1 is 1.32 bits per heavy atom. The van der Waals surface area contributed by atoms with Gasteiger partial charge in [0.15, 0.2) is 0 Å². The summed E-state index contributed by atoms with van der Waals surface area (Å²) in [7, 11) is 0. The topological polar surface area (TPSA) is 92.6 Å². The van der Waals surface area contributed by atoms with Crippen LogP contribution in [0.25, 0.3) is 0 Å². The van der Waals surface area contributed by atoms with Crippen molar-refractivity contribution in [3.05, 3.63) is 33.9 Å². The van der Waals surface area contributed by atoms with Gasteiger partial charge in [-0.2, -0.15) is 0 Å². The van der Waals surface area contributed by atoms with Crippen molar-refractivity contribution in [3.8, 4) is 0 Å². The molecule has 1 aromatic carbocycles. The fourth-order valence-corrected chi connectivity index (χ4v) is 1.89. The maximum Gasteiger partial charge on any atom is 0.274 e. The zero-order valence-electron chi connectivity index (χ0n) is 10.4. The predicted molar refractivity (Wildman–Crippen MR) is 67.4 cm³/mol. The minimum atomic E-state index is -0.466. The van der Waals surface area contributed by atoms with Crippen LogP contribution in [0, 0.1) is 17.0 Å². The molecule has 19 heavy (non-hydrogen) atoms. The van der Waals surface area contributed by atoms with E-state index >= 15 is 0 Å². The molecule has 0 spiro atoms. The van der Waals surface area contributed by atoms with Crippen molar-refractivity contribution in [3.63, 3.8) is 0 Å². The lowest BCUT2D eigenvalue weighted by Gasteiger charge is -2.15. The zero-order chi connectivity index (χ0) is 14.0. The normalized spacial score (nSPS) is 14.9. The standard InChI is InChI=1S/C12H13N3O4/c1-8-2-3-9(6-10(8)15(18)19)13-7-14-11(16)4-5-12(14)17/h2-3,6,13H,4-5,7H2,1H3. The van der Waals surface area contributed by atoms with E-state index in [1.54, 1.807) is 19.1 Å². The lowest BCUT2D eigenvalue weighted by atomic mass is 10.2. The molecule has 0 aromatic heterocycles. The van der Waals surface area contributed by atoms with E-state index in [1.807, 2.05) is 0 Å². The molecule has 0 unspecified atom stereocenters. The van der Waals surface area contributed by atoms with E-state index in [0.29, 0.717) is 11.3 Å². The van der Waals surface area contributed by atoms with E-state index in [9.17, 15) is 19.7 Å². The average molecular weight is 263 g/mol. The number of anilines is 1. The van der Waals surface area contributed by atoms with Crippen molar-refractivity contribution in [2.45, 2.75) is 19.8 Å². The first-order chi connectivity index (χ1) is 8.99. The van der Waals surface area contributed by atoms with Crippen LogP contribution in [0.4, 0.5) is 11.4 Å². The molecule has 1 saturated heterocycles. The first kappa shape index (κ1) is 13.0. The largest absolute Gasteiger partial charge is 0.367 e. The Labute approximate surface area is 109 Å². The summed E-state index contributed by atoms with van der Waals surface area (Å²) in [5.74, 6) is -0.446. The van der Waals surface area contributed by atoms with E-state index < -0.39 is 4.92 Å². The van der Waals surface area contributed by atoms with Crippen molar-refractivity contribution >= 4 is 23.2 Å².